The maximum atomic E-state index is 11.5. The van der Waals surface area contributed by atoms with Crippen LogP contribution in [0, 0.1) is 5.92 Å². The highest BCUT2D eigenvalue weighted by molar-refractivity contribution is 5.85. The van der Waals surface area contributed by atoms with E-state index in [1.165, 1.54) is 0 Å². The number of hydrogen-bond acceptors (Lipinski definition) is 3. The van der Waals surface area contributed by atoms with Gasteiger partial charge in [-0.1, -0.05) is 13.8 Å². The van der Waals surface area contributed by atoms with Gasteiger partial charge in [0.05, 0.1) is 0 Å². The van der Waals surface area contributed by atoms with Crippen LogP contribution in [-0.2, 0) is 9.53 Å². The molecule has 1 heterocycles. The van der Waals surface area contributed by atoms with Crippen molar-refractivity contribution in [2.45, 2.75) is 32.7 Å². The first-order chi connectivity index (χ1) is 7.24. The van der Waals surface area contributed by atoms with Crippen LogP contribution in [0.2, 0.25) is 0 Å². The van der Waals surface area contributed by atoms with Gasteiger partial charge < -0.3 is 15.4 Å². The van der Waals surface area contributed by atoms with Crippen molar-refractivity contribution in [2.24, 2.45) is 5.92 Å². The number of carbonyl (C=O) groups is 1. The van der Waals surface area contributed by atoms with Crippen molar-refractivity contribution in [3.63, 3.8) is 0 Å². The molecule has 1 aliphatic heterocycles. The molecule has 2 atom stereocenters. The minimum atomic E-state index is 0. The normalized spacial score (nSPS) is 24.6. The summed E-state index contributed by atoms with van der Waals surface area (Å²) >= 11 is 0. The van der Waals surface area contributed by atoms with E-state index in [4.69, 9.17) is 4.74 Å². The lowest BCUT2D eigenvalue weighted by Gasteiger charge is -2.30. The fraction of sp³-hybridized carbons (Fsp3) is 0.909. The molecule has 16 heavy (non-hydrogen) atoms. The van der Waals surface area contributed by atoms with Crippen molar-refractivity contribution in [1.29, 1.82) is 0 Å². The Morgan fingerprint density at radius 2 is 2.31 bits per heavy atom. The summed E-state index contributed by atoms with van der Waals surface area (Å²) in [6.07, 6.45) is 1.97. The zero-order valence-corrected chi connectivity index (χ0v) is 10.9. The van der Waals surface area contributed by atoms with Crippen LogP contribution in [0.15, 0.2) is 0 Å². The van der Waals surface area contributed by atoms with E-state index in [0.29, 0.717) is 18.6 Å². The molecule has 4 nitrogen and oxygen atoms in total. The third-order valence-corrected chi connectivity index (χ3v) is 2.71. The lowest BCUT2D eigenvalue weighted by Crippen LogP contribution is -2.49. The molecule has 1 amide bonds. The molecule has 0 aromatic rings. The number of piperidine rings is 1. The molecule has 1 aliphatic rings. The summed E-state index contributed by atoms with van der Waals surface area (Å²) in [4.78, 5) is 11.5. The Balaban J connectivity index is 0.00000225. The van der Waals surface area contributed by atoms with Crippen molar-refractivity contribution >= 4 is 18.3 Å². The first kappa shape index (κ1) is 15.7. The highest BCUT2D eigenvalue weighted by Gasteiger charge is 2.22. The van der Waals surface area contributed by atoms with Gasteiger partial charge in [-0.3, -0.25) is 4.79 Å². The van der Waals surface area contributed by atoms with E-state index in [9.17, 15) is 4.79 Å². The second-order valence-corrected chi connectivity index (χ2v) is 4.20. The molecular formula is C11H23ClN2O2. The predicted molar refractivity (Wildman–Crippen MR) is 66.9 cm³/mol. The van der Waals surface area contributed by atoms with E-state index in [-0.39, 0.29) is 24.9 Å². The average molecular weight is 251 g/mol. The van der Waals surface area contributed by atoms with Crippen LogP contribution in [0.5, 0.6) is 0 Å². The van der Waals surface area contributed by atoms with E-state index in [2.05, 4.69) is 17.6 Å². The van der Waals surface area contributed by atoms with E-state index >= 15 is 0 Å². The molecule has 2 unspecified atom stereocenters. The van der Waals surface area contributed by atoms with Crippen molar-refractivity contribution in [3.05, 3.63) is 0 Å². The van der Waals surface area contributed by atoms with Crippen LogP contribution in [-0.4, -0.2) is 38.3 Å². The van der Waals surface area contributed by atoms with Crippen molar-refractivity contribution < 1.29 is 9.53 Å². The van der Waals surface area contributed by atoms with Crippen LogP contribution in [0.25, 0.3) is 0 Å². The lowest BCUT2D eigenvalue weighted by atomic mass is 9.95. The van der Waals surface area contributed by atoms with Gasteiger partial charge >= 0.3 is 0 Å². The molecular weight excluding hydrogens is 228 g/mol. The first-order valence-corrected chi connectivity index (χ1v) is 5.82. The van der Waals surface area contributed by atoms with Gasteiger partial charge in [-0.2, -0.15) is 0 Å². The zero-order chi connectivity index (χ0) is 11.1. The molecule has 0 bridgehead atoms. The zero-order valence-electron chi connectivity index (χ0n) is 10.1. The van der Waals surface area contributed by atoms with Crippen LogP contribution in [0.4, 0.5) is 0 Å². The molecule has 1 fully saturated rings. The molecule has 0 aliphatic carbocycles. The monoisotopic (exact) mass is 250 g/mol. The predicted octanol–water partition coefficient (Wildman–Crippen LogP) is 0.949. The number of ether oxygens (including phenoxy) is 1. The Morgan fingerprint density at radius 1 is 1.56 bits per heavy atom. The largest absolute Gasteiger partial charge is 0.372 e. The van der Waals surface area contributed by atoms with Gasteiger partial charge in [0.1, 0.15) is 6.61 Å². The summed E-state index contributed by atoms with van der Waals surface area (Å²) in [6.45, 7) is 7.03. The number of carbonyl (C=O) groups excluding carboxylic acids is 1. The van der Waals surface area contributed by atoms with Crippen LogP contribution >= 0.6 is 12.4 Å². The smallest absolute Gasteiger partial charge is 0.246 e. The van der Waals surface area contributed by atoms with Gasteiger partial charge in [0, 0.05) is 12.6 Å². The molecule has 2 N–H and O–H groups in total. The molecule has 0 spiro atoms. The molecule has 1 rings (SSSR count). The summed E-state index contributed by atoms with van der Waals surface area (Å²) < 4.78 is 5.19. The highest BCUT2D eigenvalue weighted by atomic mass is 35.5. The van der Waals surface area contributed by atoms with Gasteiger partial charge in [-0.25, -0.2) is 0 Å². The SMILES string of the molecule is CCCOCC(=O)NC1CCNCC1C.Cl. The number of halogens is 1. The van der Waals surface area contributed by atoms with Crippen molar-refractivity contribution in [3.8, 4) is 0 Å². The van der Waals surface area contributed by atoms with Gasteiger partial charge in [-0.15, -0.1) is 12.4 Å². The van der Waals surface area contributed by atoms with Gasteiger partial charge in [-0.05, 0) is 31.8 Å². The maximum Gasteiger partial charge on any atom is 0.246 e. The Morgan fingerprint density at radius 3 is 2.94 bits per heavy atom. The molecule has 5 heteroatoms. The second kappa shape index (κ2) is 8.79. The summed E-state index contributed by atoms with van der Waals surface area (Å²) in [7, 11) is 0. The Bertz CT molecular complexity index is 202. The van der Waals surface area contributed by atoms with Crippen LogP contribution in [0.1, 0.15) is 26.7 Å². The third-order valence-electron chi connectivity index (χ3n) is 2.71. The van der Waals surface area contributed by atoms with E-state index in [0.717, 1.165) is 25.9 Å². The Kier molecular flexibility index (Phi) is 8.61. The fourth-order valence-electron chi connectivity index (χ4n) is 1.79. The number of amides is 1. The minimum Gasteiger partial charge on any atom is -0.372 e. The lowest BCUT2D eigenvalue weighted by molar-refractivity contribution is -0.126. The molecule has 0 radical (unpaired) electrons. The van der Waals surface area contributed by atoms with Gasteiger partial charge in [0.25, 0.3) is 0 Å². The molecule has 1 saturated heterocycles. The quantitative estimate of drug-likeness (QED) is 0.715. The molecule has 0 aromatic carbocycles. The highest BCUT2D eigenvalue weighted by Crippen LogP contribution is 2.09. The van der Waals surface area contributed by atoms with E-state index in [1.54, 1.807) is 0 Å². The van der Waals surface area contributed by atoms with E-state index in [1.807, 2.05) is 6.92 Å². The van der Waals surface area contributed by atoms with Crippen LogP contribution in [0.3, 0.4) is 0 Å². The van der Waals surface area contributed by atoms with Gasteiger partial charge in [0.15, 0.2) is 0 Å². The summed E-state index contributed by atoms with van der Waals surface area (Å²) in [5, 5.41) is 6.33. The fourth-order valence-corrected chi connectivity index (χ4v) is 1.79. The topological polar surface area (TPSA) is 50.4 Å². The van der Waals surface area contributed by atoms with Crippen LogP contribution < -0.4 is 10.6 Å². The second-order valence-electron chi connectivity index (χ2n) is 4.20. The Hall–Kier alpha value is -0.320. The van der Waals surface area contributed by atoms with E-state index < -0.39 is 0 Å². The number of hydrogen-bond donors (Lipinski definition) is 2. The minimum absolute atomic E-state index is 0. The summed E-state index contributed by atoms with van der Waals surface area (Å²) in [5.41, 5.74) is 0. The summed E-state index contributed by atoms with van der Waals surface area (Å²) in [5.74, 6) is 0.524. The molecule has 0 aromatic heterocycles. The third kappa shape index (κ3) is 5.68. The maximum absolute atomic E-state index is 11.5. The molecule has 96 valence electrons. The van der Waals surface area contributed by atoms with Gasteiger partial charge in [0.2, 0.25) is 5.91 Å². The average Bonchev–Trinajstić information content (AvgIpc) is 2.22. The molecule has 0 saturated carbocycles. The summed E-state index contributed by atoms with van der Waals surface area (Å²) in [6, 6.07) is 0.309. The number of rotatable bonds is 5. The standard InChI is InChI=1S/C11H22N2O2.ClH/c1-3-6-15-8-11(14)13-10-4-5-12-7-9(10)2;/h9-10,12H,3-8H2,1-2H3,(H,13,14);1H. The van der Waals surface area contributed by atoms with Crippen molar-refractivity contribution in [2.75, 3.05) is 26.3 Å². The number of nitrogens with one attached hydrogen (secondary N) is 2. The first-order valence-electron chi connectivity index (χ1n) is 5.82. The Labute approximate surface area is 104 Å². The van der Waals surface area contributed by atoms with Crippen molar-refractivity contribution in [1.82, 2.24) is 10.6 Å².